The number of aromatic nitrogens is 2. The number of rotatable bonds is 10. The molecule has 0 aliphatic heterocycles. The third kappa shape index (κ3) is 6.35. The van der Waals surface area contributed by atoms with Gasteiger partial charge in [0.1, 0.15) is 11.5 Å². The Morgan fingerprint density at radius 2 is 1.83 bits per heavy atom. The molecule has 0 amide bonds. The lowest BCUT2D eigenvalue weighted by Gasteiger charge is -2.14. The van der Waals surface area contributed by atoms with E-state index in [1.165, 1.54) is 18.2 Å². The number of benzene rings is 2. The maximum atomic E-state index is 11.9. The third-order valence-corrected chi connectivity index (χ3v) is 4.69. The van der Waals surface area contributed by atoms with Gasteiger partial charge >= 0.3 is 29.4 Å². The Labute approximate surface area is 206 Å². The van der Waals surface area contributed by atoms with Crippen LogP contribution < -0.4 is 19.1 Å². The zero-order valence-electron chi connectivity index (χ0n) is 20.0. The molecule has 0 unspecified atom stereocenters. The van der Waals surface area contributed by atoms with Crippen molar-refractivity contribution in [3.05, 3.63) is 63.7 Å². The van der Waals surface area contributed by atoms with Crippen molar-refractivity contribution in [1.29, 1.82) is 5.26 Å². The molecule has 1 heterocycles. The van der Waals surface area contributed by atoms with Gasteiger partial charge in [-0.05, 0) is 49.7 Å². The lowest BCUT2D eigenvalue weighted by atomic mass is 10.1. The first-order valence-electron chi connectivity index (χ1n) is 10.7. The molecule has 0 radical (unpaired) electrons. The normalized spacial score (nSPS) is 10.2. The van der Waals surface area contributed by atoms with Gasteiger partial charge in [0, 0.05) is 25.8 Å². The molecule has 1 aromatic heterocycles. The number of hydrogen-bond acceptors (Lipinski definition) is 11. The summed E-state index contributed by atoms with van der Waals surface area (Å²) in [5, 5.41) is 21.1. The molecule has 3 rings (SSSR count). The van der Waals surface area contributed by atoms with Gasteiger partial charge in [-0.1, -0.05) is 6.07 Å². The molecule has 0 aliphatic rings. The molecule has 0 saturated heterocycles. The molecule has 0 fully saturated rings. The number of carbonyl (C=O) groups is 1. The summed E-state index contributed by atoms with van der Waals surface area (Å²) >= 11 is 0. The van der Waals surface area contributed by atoms with Crippen molar-refractivity contribution in [1.82, 2.24) is 9.97 Å². The van der Waals surface area contributed by atoms with E-state index in [2.05, 4.69) is 9.97 Å². The summed E-state index contributed by atoms with van der Waals surface area (Å²) in [5.74, 6) is -1.22. The van der Waals surface area contributed by atoms with Gasteiger partial charge in [-0.2, -0.15) is 15.2 Å². The Hall–Kier alpha value is -4.92. The van der Waals surface area contributed by atoms with Crippen LogP contribution in [0.1, 0.15) is 18.1 Å². The van der Waals surface area contributed by atoms with Gasteiger partial charge in [0.25, 0.3) is 0 Å². The van der Waals surface area contributed by atoms with Crippen molar-refractivity contribution in [2.45, 2.75) is 13.8 Å². The lowest BCUT2D eigenvalue weighted by molar-refractivity contribution is -0.387. The SMILES string of the molecule is CCOC(=O)COc1nc(Oc2cccc(N(C)C)c2)nc(Oc2ccc(C#N)c(C)c2)c1[N+](=O)[O-]. The molecule has 2 aromatic carbocycles. The highest BCUT2D eigenvalue weighted by molar-refractivity contribution is 5.71. The van der Waals surface area contributed by atoms with Crippen molar-refractivity contribution in [2.24, 2.45) is 0 Å². The van der Waals surface area contributed by atoms with Crippen LogP contribution in [0.5, 0.6) is 29.3 Å². The van der Waals surface area contributed by atoms with Gasteiger partial charge in [-0.15, -0.1) is 0 Å². The highest BCUT2D eigenvalue weighted by Crippen LogP contribution is 2.39. The van der Waals surface area contributed by atoms with Crippen molar-refractivity contribution < 1.29 is 28.7 Å². The number of nitrogens with zero attached hydrogens (tertiary/aromatic N) is 5. The average Bonchev–Trinajstić information content (AvgIpc) is 2.83. The molecule has 0 saturated carbocycles. The van der Waals surface area contributed by atoms with Gasteiger partial charge in [-0.25, -0.2) is 4.79 Å². The minimum absolute atomic E-state index is 0.108. The number of nitriles is 1. The van der Waals surface area contributed by atoms with Gasteiger partial charge in [0.05, 0.1) is 23.2 Å². The number of anilines is 1. The summed E-state index contributed by atoms with van der Waals surface area (Å²) in [6.45, 7) is 2.79. The molecule has 0 spiro atoms. The molecule has 0 bridgehead atoms. The van der Waals surface area contributed by atoms with Crippen molar-refractivity contribution in [3.8, 4) is 35.3 Å². The van der Waals surface area contributed by atoms with Crippen LogP contribution in [0.3, 0.4) is 0 Å². The molecular formula is C24H23N5O7. The minimum atomic E-state index is -0.789. The maximum Gasteiger partial charge on any atom is 0.392 e. The zero-order chi connectivity index (χ0) is 26.2. The number of ether oxygens (including phenoxy) is 4. The quantitative estimate of drug-likeness (QED) is 0.227. The first-order chi connectivity index (χ1) is 17.2. The Morgan fingerprint density at radius 3 is 2.47 bits per heavy atom. The van der Waals surface area contributed by atoms with E-state index in [0.717, 1.165) is 5.69 Å². The monoisotopic (exact) mass is 493 g/mol. The van der Waals surface area contributed by atoms with Gasteiger partial charge < -0.3 is 23.8 Å². The third-order valence-electron chi connectivity index (χ3n) is 4.69. The second kappa shape index (κ2) is 11.5. The predicted molar refractivity (Wildman–Crippen MR) is 128 cm³/mol. The van der Waals surface area contributed by atoms with Crippen molar-refractivity contribution in [3.63, 3.8) is 0 Å². The molecule has 0 atom stereocenters. The number of hydrogen-bond donors (Lipinski definition) is 0. The smallest absolute Gasteiger partial charge is 0.392 e. The summed E-state index contributed by atoms with van der Waals surface area (Å²) in [6.07, 6.45) is 0. The summed E-state index contributed by atoms with van der Waals surface area (Å²) in [4.78, 5) is 32.9. The zero-order valence-corrected chi connectivity index (χ0v) is 20.0. The van der Waals surface area contributed by atoms with Crippen LogP contribution in [0.4, 0.5) is 11.4 Å². The summed E-state index contributed by atoms with van der Waals surface area (Å²) in [5.41, 5.74) is 1.14. The average molecular weight is 493 g/mol. The van der Waals surface area contributed by atoms with E-state index in [0.29, 0.717) is 16.9 Å². The summed E-state index contributed by atoms with van der Waals surface area (Å²) in [7, 11) is 3.71. The molecule has 36 heavy (non-hydrogen) atoms. The minimum Gasteiger partial charge on any atom is -0.463 e. The highest BCUT2D eigenvalue weighted by atomic mass is 16.6. The van der Waals surface area contributed by atoms with E-state index in [1.807, 2.05) is 31.1 Å². The van der Waals surface area contributed by atoms with Gasteiger partial charge in [0.15, 0.2) is 6.61 Å². The van der Waals surface area contributed by atoms with Crippen LogP contribution in [0.25, 0.3) is 0 Å². The summed E-state index contributed by atoms with van der Waals surface area (Å²) in [6, 6.07) is 13.2. The first-order valence-corrected chi connectivity index (χ1v) is 10.7. The van der Waals surface area contributed by atoms with E-state index < -0.39 is 34.9 Å². The molecule has 12 nitrogen and oxygen atoms in total. The Morgan fingerprint density at radius 1 is 1.11 bits per heavy atom. The topological polar surface area (TPSA) is 150 Å². The van der Waals surface area contributed by atoms with Crippen molar-refractivity contribution in [2.75, 3.05) is 32.2 Å². The molecule has 0 N–H and O–H groups in total. The van der Waals surface area contributed by atoms with Crippen LogP contribution in [-0.4, -0.2) is 48.2 Å². The van der Waals surface area contributed by atoms with E-state index >= 15 is 0 Å². The van der Waals surface area contributed by atoms with Crippen LogP contribution in [0.15, 0.2) is 42.5 Å². The van der Waals surface area contributed by atoms with Crippen LogP contribution in [0.2, 0.25) is 0 Å². The van der Waals surface area contributed by atoms with Crippen LogP contribution >= 0.6 is 0 Å². The molecule has 0 aliphatic carbocycles. The van der Waals surface area contributed by atoms with Crippen LogP contribution in [0, 0.1) is 28.4 Å². The highest BCUT2D eigenvalue weighted by Gasteiger charge is 2.30. The Balaban J connectivity index is 2.06. The predicted octanol–water partition coefficient (Wildman–Crippen LogP) is 4.16. The lowest BCUT2D eigenvalue weighted by Crippen LogP contribution is -2.16. The number of aryl methyl sites for hydroxylation is 1. The van der Waals surface area contributed by atoms with Crippen LogP contribution in [-0.2, 0) is 9.53 Å². The standard InChI is InChI=1S/C24H23N5O7/c1-5-33-20(30)14-34-22-21(29(31)32)23(35-19-10-9-16(13-25)15(2)11-19)27-24(26-22)36-18-8-6-7-17(12-18)28(3)4/h6-12H,5,14H2,1-4H3. The van der Waals surface area contributed by atoms with E-state index in [1.54, 1.807) is 32.0 Å². The number of carbonyl (C=O) groups excluding carboxylic acids is 1. The second-order valence-electron chi connectivity index (χ2n) is 7.50. The largest absolute Gasteiger partial charge is 0.463 e. The Kier molecular flexibility index (Phi) is 8.19. The molecular weight excluding hydrogens is 470 g/mol. The van der Waals surface area contributed by atoms with E-state index in [9.17, 15) is 14.9 Å². The fourth-order valence-electron chi connectivity index (χ4n) is 2.97. The molecule has 3 aromatic rings. The van der Waals surface area contributed by atoms with Gasteiger partial charge in [-0.3, -0.25) is 10.1 Å². The molecule has 12 heteroatoms. The first kappa shape index (κ1) is 25.7. The van der Waals surface area contributed by atoms with E-state index in [4.69, 9.17) is 24.2 Å². The summed E-state index contributed by atoms with van der Waals surface area (Å²) < 4.78 is 21.6. The fourth-order valence-corrected chi connectivity index (χ4v) is 2.97. The number of nitro groups is 1. The fraction of sp³-hybridized carbons (Fsp3) is 0.250. The van der Waals surface area contributed by atoms with Crippen molar-refractivity contribution >= 4 is 17.3 Å². The number of esters is 1. The second-order valence-corrected chi connectivity index (χ2v) is 7.50. The molecule has 186 valence electrons. The van der Waals surface area contributed by atoms with Gasteiger partial charge in [0.2, 0.25) is 0 Å². The maximum absolute atomic E-state index is 11.9. The Bertz CT molecular complexity index is 1320. The van der Waals surface area contributed by atoms with E-state index in [-0.39, 0.29) is 18.4 Å².